The molecule has 1 heterocycles. The van der Waals surface area contributed by atoms with E-state index in [1.165, 1.54) is 0 Å². The van der Waals surface area contributed by atoms with E-state index in [4.69, 9.17) is 9.47 Å². The van der Waals surface area contributed by atoms with Crippen LogP contribution in [-0.4, -0.2) is 14.2 Å². The Labute approximate surface area is 119 Å². The van der Waals surface area contributed by atoms with E-state index in [1.54, 1.807) is 14.2 Å². The minimum atomic E-state index is -0.0546. The van der Waals surface area contributed by atoms with Crippen molar-refractivity contribution in [2.24, 2.45) is 0 Å². The summed E-state index contributed by atoms with van der Waals surface area (Å²) in [6.45, 7) is 3.91. The molecule has 1 aromatic rings. The maximum absolute atomic E-state index is 9.37. The van der Waals surface area contributed by atoms with Crippen molar-refractivity contribution in [2.45, 2.75) is 19.8 Å². The molecule has 0 radical (unpaired) electrons. The van der Waals surface area contributed by atoms with Crippen molar-refractivity contribution < 1.29 is 9.47 Å². The highest BCUT2D eigenvalue weighted by atomic mass is 16.5. The van der Waals surface area contributed by atoms with Crippen LogP contribution in [0.25, 0.3) is 0 Å². The van der Waals surface area contributed by atoms with Crippen LogP contribution in [0.2, 0.25) is 0 Å². The predicted molar refractivity (Wildman–Crippen MR) is 77.5 cm³/mol. The highest BCUT2D eigenvalue weighted by Gasteiger charge is 2.22. The van der Waals surface area contributed by atoms with Crippen LogP contribution >= 0.6 is 0 Å². The number of nitrogens with one attached hydrogen (secondary N) is 1. The van der Waals surface area contributed by atoms with Gasteiger partial charge in [-0.05, 0) is 31.5 Å². The summed E-state index contributed by atoms with van der Waals surface area (Å²) in [6, 6.07) is 8.04. The highest BCUT2D eigenvalue weighted by molar-refractivity contribution is 5.51. The van der Waals surface area contributed by atoms with Crippen LogP contribution in [-0.2, 0) is 0 Å². The molecule has 0 spiro atoms. The van der Waals surface area contributed by atoms with Crippen molar-refractivity contribution in [1.82, 2.24) is 5.32 Å². The van der Waals surface area contributed by atoms with Gasteiger partial charge in [-0.1, -0.05) is 12.1 Å². The minimum Gasteiger partial charge on any atom is -0.493 e. The van der Waals surface area contributed by atoms with Crippen molar-refractivity contribution in [1.29, 1.82) is 5.26 Å². The zero-order valence-corrected chi connectivity index (χ0v) is 12.2. The fraction of sp³-hybridized carbons (Fsp3) is 0.312. The minimum absolute atomic E-state index is 0.0546. The predicted octanol–water partition coefficient (Wildman–Crippen LogP) is 3.09. The van der Waals surface area contributed by atoms with Crippen LogP contribution in [0.4, 0.5) is 0 Å². The van der Waals surface area contributed by atoms with Gasteiger partial charge < -0.3 is 14.8 Å². The highest BCUT2D eigenvalue weighted by Crippen LogP contribution is 2.36. The van der Waals surface area contributed by atoms with Gasteiger partial charge >= 0.3 is 0 Å². The summed E-state index contributed by atoms with van der Waals surface area (Å²) in [6.07, 6.45) is 2.05. The molecule has 1 aliphatic heterocycles. The molecule has 104 valence electrons. The fourth-order valence-electron chi connectivity index (χ4n) is 2.43. The lowest BCUT2D eigenvalue weighted by atomic mass is 9.87. The number of dihydropyridines is 1. The fourth-order valence-corrected chi connectivity index (χ4v) is 2.43. The lowest BCUT2D eigenvalue weighted by Gasteiger charge is -2.23. The molecule has 0 bridgehead atoms. The smallest absolute Gasteiger partial charge is 0.161 e. The van der Waals surface area contributed by atoms with Gasteiger partial charge in [0.2, 0.25) is 0 Å². The van der Waals surface area contributed by atoms with Crippen molar-refractivity contribution in [2.75, 3.05) is 14.2 Å². The van der Waals surface area contributed by atoms with E-state index >= 15 is 0 Å². The van der Waals surface area contributed by atoms with E-state index in [1.807, 2.05) is 38.1 Å². The Balaban J connectivity index is 2.49. The average molecular weight is 270 g/mol. The Morgan fingerprint density at radius 3 is 2.45 bits per heavy atom. The third-order valence-electron chi connectivity index (χ3n) is 3.40. The van der Waals surface area contributed by atoms with E-state index in [9.17, 15) is 5.26 Å². The Kier molecular flexibility index (Phi) is 3.99. The third kappa shape index (κ3) is 2.48. The number of rotatable bonds is 3. The Morgan fingerprint density at radius 1 is 1.15 bits per heavy atom. The van der Waals surface area contributed by atoms with Gasteiger partial charge in [0.1, 0.15) is 0 Å². The van der Waals surface area contributed by atoms with E-state index < -0.39 is 0 Å². The lowest BCUT2D eigenvalue weighted by Crippen LogP contribution is -2.19. The molecule has 0 amide bonds. The van der Waals surface area contributed by atoms with Crippen LogP contribution in [0.5, 0.6) is 11.5 Å². The molecule has 1 aromatic carbocycles. The van der Waals surface area contributed by atoms with Gasteiger partial charge in [-0.3, -0.25) is 0 Å². The van der Waals surface area contributed by atoms with Gasteiger partial charge in [0.15, 0.2) is 11.5 Å². The van der Waals surface area contributed by atoms with Crippen LogP contribution in [0.1, 0.15) is 25.3 Å². The molecule has 1 atom stereocenters. The molecule has 2 rings (SSSR count). The zero-order chi connectivity index (χ0) is 14.7. The van der Waals surface area contributed by atoms with Crippen LogP contribution in [0.15, 0.2) is 41.2 Å². The maximum Gasteiger partial charge on any atom is 0.161 e. The average Bonchev–Trinajstić information content (AvgIpc) is 2.45. The van der Waals surface area contributed by atoms with Gasteiger partial charge in [0.05, 0.1) is 25.9 Å². The molecular weight excluding hydrogens is 252 g/mol. The molecule has 20 heavy (non-hydrogen) atoms. The Bertz CT molecular complexity index is 624. The second kappa shape index (κ2) is 5.70. The van der Waals surface area contributed by atoms with Gasteiger partial charge in [0, 0.05) is 17.3 Å². The molecule has 0 fully saturated rings. The molecule has 4 nitrogen and oxygen atoms in total. The van der Waals surface area contributed by atoms with Crippen LogP contribution < -0.4 is 14.8 Å². The zero-order valence-electron chi connectivity index (χ0n) is 12.2. The quantitative estimate of drug-likeness (QED) is 0.917. The number of benzene rings is 1. The number of hydrogen-bond donors (Lipinski definition) is 1. The van der Waals surface area contributed by atoms with E-state index in [0.717, 1.165) is 22.5 Å². The molecule has 1 N–H and O–H groups in total. The molecule has 0 saturated carbocycles. The summed E-state index contributed by atoms with van der Waals surface area (Å²) < 4.78 is 10.6. The first kappa shape index (κ1) is 14.0. The summed E-state index contributed by atoms with van der Waals surface area (Å²) >= 11 is 0. The topological polar surface area (TPSA) is 54.3 Å². The molecule has 4 heteroatoms. The maximum atomic E-state index is 9.37. The van der Waals surface area contributed by atoms with Gasteiger partial charge in [0.25, 0.3) is 0 Å². The molecule has 0 saturated heterocycles. The van der Waals surface area contributed by atoms with Crippen LogP contribution in [0.3, 0.4) is 0 Å². The van der Waals surface area contributed by atoms with E-state index in [0.29, 0.717) is 11.5 Å². The normalized spacial score (nSPS) is 17.9. The number of nitriles is 1. The first-order chi connectivity index (χ1) is 9.60. The molecule has 0 aliphatic carbocycles. The number of allylic oxidation sites excluding steroid dienone is 4. The second-order valence-electron chi connectivity index (χ2n) is 4.72. The molecule has 0 aromatic heterocycles. The van der Waals surface area contributed by atoms with Gasteiger partial charge in [-0.25, -0.2) is 0 Å². The van der Waals surface area contributed by atoms with Crippen molar-refractivity contribution in [3.05, 3.63) is 46.8 Å². The first-order valence-electron chi connectivity index (χ1n) is 6.39. The summed E-state index contributed by atoms with van der Waals surface area (Å²) in [5, 5.41) is 12.6. The monoisotopic (exact) mass is 270 g/mol. The summed E-state index contributed by atoms with van der Waals surface area (Å²) in [5.74, 6) is 1.30. The van der Waals surface area contributed by atoms with Crippen molar-refractivity contribution >= 4 is 0 Å². The number of nitrogens with zero attached hydrogens (tertiary/aromatic N) is 1. The van der Waals surface area contributed by atoms with Crippen molar-refractivity contribution in [3.8, 4) is 17.6 Å². The summed E-state index contributed by atoms with van der Waals surface area (Å²) in [5.41, 5.74) is 3.68. The largest absolute Gasteiger partial charge is 0.493 e. The molecular formula is C16H18N2O2. The molecule has 1 unspecified atom stereocenters. The first-order valence-corrected chi connectivity index (χ1v) is 6.39. The Hall–Kier alpha value is -2.41. The van der Waals surface area contributed by atoms with E-state index in [2.05, 4.69) is 11.4 Å². The summed E-state index contributed by atoms with van der Waals surface area (Å²) in [4.78, 5) is 0. The molecule has 1 aliphatic rings. The number of methoxy groups -OCH3 is 2. The summed E-state index contributed by atoms with van der Waals surface area (Å²) in [7, 11) is 3.22. The second-order valence-corrected chi connectivity index (χ2v) is 4.72. The van der Waals surface area contributed by atoms with Gasteiger partial charge in [-0.15, -0.1) is 0 Å². The van der Waals surface area contributed by atoms with Gasteiger partial charge in [-0.2, -0.15) is 5.26 Å². The number of ether oxygens (including phenoxy) is 2. The van der Waals surface area contributed by atoms with Crippen molar-refractivity contribution in [3.63, 3.8) is 0 Å². The van der Waals surface area contributed by atoms with Crippen LogP contribution in [0, 0.1) is 11.3 Å². The third-order valence-corrected chi connectivity index (χ3v) is 3.40. The van der Waals surface area contributed by atoms with E-state index in [-0.39, 0.29) is 5.92 Å². The standard InChI is InChI=1S/C16H18N2O2/c1-10-7-13(14(9-17)11(2)18-10)12-5-6-15(19-3)16(8-12)20-4/h5-8,13,18H,1-4H3. The Morgan fingerprint density at radius 2 is 1.85 bits per heavy atom. The number of hydrogen-bond acceptors (Lipinski definition) is 4. The SMILES string of the molecule is COc1ccc(C2C=C(C)NC(C)=C2C#N)cc1OC. The lowest BCUT2D eigenvalue weighted by molar-refractivity contribution is 0.354.